The second-order valence-corrected chi connectivity index (χ2v) is 9.42. The number of esters is 1. The third kappa shape index (κ3) is 5.13. The number of likely N-dealkylation sites (N-methyl/N-ethyl adjacent to an activating group) is 1. The average molecular weight is 472 g/mol. The number of hydrogen-bond donors (Lipinski definition) is 0. The second kappa shape index (κ2) is 9.82. The van der Waals surface area contributed by atoms with E-state index in [0.29, 0.717) is 10.9 Å². The Labute approximate surface area is 194 Å². The van der Waals surface area contributed by atoms with Crippen molar-refractivity contribution < 1.29 is 18.7 Å². The van der Waals surface area contributed by atoms with Gasteiger partial charge in [0.1, 0.15) is 10.6 Å². The predicted molar refractivity (Wildman–Crippen MR) is 124 cm³/mol. The maximum absolute atomic E-state index is 13.4. The van der Waals surface area contributed by atoms with Crippen LogP contribution < -0.4 is 5.56 Å². The molecule has 0 saturated carbocycles. The number of thiophene rings is 1. The summed E-state index contributed by atoms with van der Waals surface area (Å²) < 4.78 is 20.1. The molecule has 4 rings (SSSR count). The Balaban J connectivity index is 1.35. The van der Waals surface area contributed by atoms with Crippen LogP contribution in [0, 0.1) is 5.82 Å². The van der Waals surface area contributed by atoms with E-state index in [1.807, 2.05) is 0 Å². The predicted octanol–water partition coefficient (Wildman–Crippen LogP) is 3.46. The van der Waals surface area contributed by atoms with Crippen LogP contribution in [-0.4, -0.2) is 39.5 Å². The molecular weight excluding hydrogens is 445 g/mol. The Bertz CT molecular complexity index is 1250. The Morgan fingerprint density at radius 2 is 2.09 bits per heavy atom. The lowest BCUT2D eigenvalue weighted by Gasteiger charge is -2.21. The van der Waals surface area contributed by atoms with Crippen molar-refractivity contribution in [2.24, 2.45) is 0 Å². The molecule has 3 aromatic rings. The highest BCUT2D eigenvalue weighted by molar-refractivity contribution is 7.18. The molecule has 0 radical (unpaired) electrons. The molecule has 2 heterocycles. The van der Waals surface area contributed by atoms with Gasteiger partial charge in [-0.15, -0.1) is 11.3 Å². The molecule has 1 unspecified atom stereocenters. The van der Waals surface area contributed by atoms with Crippen molar-refractivity contribution in [2.45, 2.75) is 58.2 Å². The molecule has 1 atom stereocenters. The third-order valence-electron chi connectivity index (χ3n) is 5.84. The van der Waals surface area contributed by atoms with Gasteiger partial charge in [-0.2, -0.15) is 0 Å². The van der Waals surface area contributed by atoms with E-state index in [2.05, 4.69) is 4.98 Å². The quantitative estimate of drug-likeness (QED) is 0.493. The van der Waals surface area contributed by atoms with Gasteiger partial charge in [0, 0.05) is 25.0 Å². The van der Waals surface area contributed by atoms with Crippen molar-refractivity contribution >= 4 is 33.4 Å². The Kier molecular flexibility index (Phi) is 6.88. The summed E-state index contributed by atoms with van der Waals surface area (Å²) in [6.07, 6.45) is 4.51. The lowest BCUT2D eigenvalue weighted by molar-refractivity contribution is -0.158. The highest BCUT2D eigenvalue weighted by Gasteiger charge is 2.23. The van der Waals surface area contributed by atoms with E-state index in [1.165, 1.54) is 39.7 Å². The number of carbonyl (C=O) groups excluding carboxylic acids is 2. The number of aryl methyl sites for hydroxylation is 3. The number of fused-ring (bicyclic) bond motifs is 3. The number of amides is 1. The highest BCUT2D eigenvalue weighted by Crippen LogP contribution is 2.33. The Morgan fingerprint density at radius 1 is 1.30 bits per heavy atom. The van der Waals surface area contributed by atoms with Gasteiger partial charge in [-0.3, -0.25) is 19.0 Å². The summed E-state index contributed by atoms with van der Waals surface area (Å²) in [6.45, 7) is 1.83. The number of benzene rings is 1. The van der Waals surface area contributed by atoms with Gasteiger partial charge in [0.25, 0.3) is 11.5 Å². The van der Waals surface area contributed by atoms with E-state index in [0.717, 1.165) is 36.1 Å². The molecule has 33 heavy (non-hydrogen) atoms. The van der Waals surface area contributed by atoms with Gasteiger partial charge in [-0.1, -0.05) is 12.1 Å². The molecule has 0 aliphatic heterocycles. The molecule has 7 nitrogen and oxygen atoms in total. The van der Waals surface area contributed by atoms with Gasteiger partial charge in [0.2, 0.25) is 0 Å². The molecule has 0 fully saturated rings. The molecule has 0 spiro atoms. The van der Waals surface area contributed by atoms with E-state index >= 15 is 0 Å². The van der Waals surface area contributed by atoms with Crippen LogP contribution in [0.5, 0.6) is 0 Å². The molecule has 2 aromatic heterocycles. The van der Waals surface area contributed by atoms with E-state index in [4.69, 9.17) is 4.74 Å². The van der Waals surface area contributed by atoms with E-state index in [-0.39, 0.29) is 30.9 Å². The van der Waals surface area contributed by atoms with Crippen molar-refractivity contribution in [1.29, 1.82) is 0 Å². The number of hydrogen-bond acceptors (Lipinski definition) is 6. The van der Waals surface area contributed by atoms with Gasteiger partial charge in [0.05, 0.1) is 18.1 Å². The van der Waals surface area contributed by atoms with E-state index in [1.54, 1.807) is 30.5 Å². The summed E-state index contributed by atoms with van der Waals surface area (Å²) in [6, 6.07) is 5.98. The molecule has 174 valence electrons. The zero-order valence-electron chi connectivity index (χ0n) is 18.7. The summed E-state index contributed by atoms with van der Waals surface area (Å²) in [5.41, 5.74) is 1.62. The summed E-state index contributed by atoms with van der Waals surface area (Å²) >= 11 is 1.58. The lowest BCUT2D eigenvalue weighted by Crippen LogP contribution is -2.37. The highest BCUT2D eigenvalue weighted by atomic mass is 32.1. The number of carbonyl (C=O) groups is 2. The number of nitrogens with zero attached hydrogens (tertiary/aromatic N) is 3. The van der Waals surface area contributed by atoms with E-state index in [9.17, 15) is 18.8 Å². The van der Waals surface area contributed by atoms with Gasteiger partial charge in [-0.05, 0) is 55.9 Å². The number of rotatable bonds is 7. The van der Waals surface area contributed by atoms with Crippen LogP contribution in [0.25, 0.3) is 10.2 Å². The van der Waals surface area contributed by atoms with Crippen LogP contribution in [0.1, 0.15) is 42.2 Å². The standard InChI is InChI=1S/C24H26FN3O4S/c1-15(23(30)27(2)13-16-6-5-7-17(25)12-16)32-20(29)10-11-28-14-26-22-21(24(28)31)18-8-3-4-9-19(18)33-22/h5-7,12,14-15H,3-4,8-11,13H2,1-2H3. The molecule has 9 heteroatoms. The summed E-state index contributed by atoms with van der Waals surface area (Å²) in [5, 5.41) is 0.674. The number of aromatic nitrogens is 2. The van der Waals surface area contributed by atoms with Crippen LogP contribution in [0.2, 0.25) is 0 Å². The van der Waals surface area contributed by atoms with Crippen LogP contribution >= 0.6 is 11.3 Å². The molecule has 0 bridgehead atoms. The maximum Gasteiger partial charge on any atom is 0.308 e. The maximum atomic E-state index is 13.4. The minimum Gasteiger partial charge on any atom is -0.452 e. The smallest absolute Gasteiger partial charge is 0.308 e. The summed E-state index contributed by atoms with van der Waals surface area (Å²) in [5.74, 6) is -1.34. The molecule has 1 aromatic carbocycles. The Morgan fingerprint density at radius 3 is 2.88 bits per heavy atom. The first-order valence-electron chi connectivity index (χ1n) is 11.0. The normalized spacial score (nSPS) is 14.0. The first-order valence-corrected chi connectivity index (χ1v) is 11.8. The van der Waals surface area contributed by atoms with Crippen LogP contribution in [0.4, 0.5) is 4.39 Å². The molecule has 1 aliphatic rings. The second-order valence-electron chi connectivity index (χ2n) is 8.34. The van der Waals surface area contributed by atoms with Gasteiger partial charge in [-0.25, -0.2) is 9.37 Å². The van der Waals surface area contributed by atoms with Gasteiger partial charge in [0.15, 0.2) is 6.10 Å². The topological polar surface area (TPSA) is 81.5 Å². The first-order chi connectivity index (χ1) is 15.8. The van der Waals surface area contributed by atoms with Crippen LogP contribution in [-0.2, 0) is 40.3 Å². The molecule has 0 saturated heterocycles. The fourth-order valence-electron chi connectivity index (χ4n) is 4.16. The van der Waals surface area contributed by atoms with Crippen molar-refractivity contribution in [3.05, 3.63) is 62.8 Å². The SMILES string of the molecule is CC(OC(=O)CCn1cnc2sc3c(c2c1=O)CCCC3)C(=O)N(C)Cc1cccc(F)c1. The number of ether oxygens (including phenoxy) is 1. The fourth-order valence-corrected chi connectivity index (χ4v) is 5.38. The third-order valence-corrected chi connectivity index (χ3v) is 7.04. The van der Waals surface area contributed by atoms with E-state index < -0.39 is 18.0 Å². The molecule has 1 amide bonds. The zero-order chi connectivity index (χ0) is 23.5. The monoisotopic (exact) mass is 471 g/mol. The average Bonchev–Trinajstić information content (AvgIpc) is 3.17. The van der Waals surface area contributed by atoms with Crippen molar-refractivity contribution in [1.82, 2.24) is 14.5 Å². The van der Waals surface area contributed by atoms with Gasteiger partial charge < -0.3 is 9.64 Å². The van der Waals surface area contributed by atoms with Gasteiger partial charge >= 0.3 is 5.97 Å². The minimum absolute atomic E-state index is 0.0509. The minimum atomic E-state index is -0.989. The Hall–Kier alpha value is -3.07. The van der Waals surface area contributed by atoms with Crippen LogP contribution in [0.3, 0.4) is 0 Å². The summed E-state index contributed by atoms with van der Waals surface area (Å²) in [7, 11) is 1.57. The van der Waals surface area contributed by atoms with Crippen molar-refractivity contribution in [3.8, 4) is 0 Å². The first kappa shape index (κ1) is 23.1. The fraction of sp³-hybridized carbons (Fsp3) is 0.417. The van der Waals surface area contributed by atoms with Crippen LogP contribution in [0.15, 0.2) is 35.4 Å². The summed E-state index contributed by atoms with van der Waals surface area (Å²) in [4.78, 5) is 45.7. The molecule has 0 N–H and O–H groups in total. The molecule has 1 aliphatic carbocycles. The van der Waals surface area contributed by atoms with Crippen molar-refractivity contribution in [2.75, 3.05) is 7.05 Å². The largest absolute Gasteiger partial charge is 0.452 e. The number of halogens is 1. The molecular formula is C24H26FN3O4S. The lowest BCUT2D eigenvalue weighted by atomic mass is 9.97. The van der Waals surface area contributed by atoms with Crippen molar-refractivity contribution in [3.63, 3.8) is 0 Å². The zero-order valence-corrected chi connectivity index (χ0v) is 19.5.